The first-order valence-electron chi connectivity index (χ1n) is 13.8. The summed E-state index contributed by atoms with van der Waals surface area (Å²) in [5.74, 6) is 4.08. The van der Waals surface area contributed by atoms with Crippen molar-refractivity contribution in [1.29, 1.82) is 0 Å². The lowest BCUT2D eigenvalue weighted by Crippen LogP contribution is -2.61. The lowest BCUT2D eigenvalue weighted by atomic mass is 9.36. The Labute approximate surface area is 192 Å². The van der Waals surface area contributed by atoms with Crippen LogP contribution in [0.3, 0.4) is 0 Å². The summed E-state index contributed by atoms with van der Waals surface area (Å²) in [7, 11) is 0. The topological polar surface area (TPSA) is 20.2 Å². The highest BCUT2D eigenvalue weighted by atomic mass is 16.3. The molecule has 0 aromatic rings. The summed E-state index contributed by atoms with van der Waals surface area (Å²) in [6.07, 6.45) is 16.4. The molecular weight excluding hydrogens is 376 g/mol. The maximum atomic E-state index is 10.4. The van der Waals surface area contributed by atoms with E-state index in [1.807, 2.05) is 5.57 Å². The Bertz CT molecular complexity index is 766. The summed E-state index contributed by atoms with van der Waals surface area (Å²) in [6, 6.07) is 0. The molecule has 5 aliphatic carbocycles. The minimum absolute atomic E-state index is 0.127. The van der Waals surface area contributed by atoms with Gasteiger partial charge in [0.2, 0.25) is 0 Å². The van der Waals surface area contributed by atoms with Crippen LogP contribution in [0.1, 0.15) is 113 Å². The normalized spacial score (nSPS) is 56.4. The molecule has 5 aliphatic rings. The van der Waals surface area contributed by atoms with Crippen LogP contribution in [0.2, 0.25) is 0 Å². The number of aliphatic hydroxyl groups is 1. The van der Waals surface area contributed by atoms with Crippen molar-refractivity contribution < 1.29 is 5.11 Å². The predicted molar refractivity (Wildman–Crippen MR) is 131 cm³/mol. The summed E-state index contributed by atoms with van der Waals surface area (Å²) in [5, 5.41) is 10.4. The monoisotopic (exact) mass is 426 g/mol. The fraction of sp³-hybridized carbons (Fsp3) is 0.933. The molecular formula is C30H50O. The van der Waals surface area contributed by atoms with Crippen molar-refractivity contribution in [1.82, 2.24) is 0 Å². The molecule has 0 aromatic heterocycles. The van der Waals surface area contributed by atoms with Crippen molar-refractivity contribution in [3.8, 4) is 0 Å². The molecule has 176 valence electrons. The first-order valence-corrected chi connectivity index (χ1v) is 13.8. The lowest BCUT2D eigenvalue weighted by Gasteiger charge is -2.69. The Hall–Kier alpha value is -0.300. The third-order valence-electron chi connectivity index (χ3n) is 13.2. The van der Waals surface area contributed by atoms with E-state index in [0.717, 1.165) is 23.7 Å². The van der Waals surface area contributed by atoms with Gasteiger partial charge in [-0.1, -0.05) is 66.5 Å². The largest absolute Gasteiger partial charge is 0.396 e. The van der Waals surface area contributed by atoms with Crippen molar-refractivity contribution in [2.24, 2.45) is 56.7 Å². The number of hydrogen-bond donors (Lipinski definition) is 1. The summed E-state index contributed by atoms with van der Waals surface area (Å²) >= 11 is 0. The van der Waals surface area contributed by atoms with Crippen molar-refractivity contribution in [3.05, 3.63) is 11.6 Å². The molecule has 0 radical (unpaired) electrons. The molecule has 0 unspecified atom stereocenters. The quantitative estimate of drug-likeness (QED) is 0.443. The predicted octanol–water partition coefficient (Wildman–Crippen LogP) is 8.03. The molecule has 1 heteroatoms. The molecule has 0 amide bonds. The van der Waals surface area contributed by atoms with Crippen molar-refractivity contribution in [3.63, 3.8) is 0 Å². The molecule has 0 heterocycles. The zero-order valence-corrected chi connectivity index (χ0v) is 21.7. The van der Waals surface area contributed by atoms with Gasteiger partial charge in [-0.3, -0.25) is 0 Å². The van der Waals surface area contributed by atoms with Gasteiger partial charge in [0.15, 0.2) is 0 Å². The fourth-order valence-electron chi connectivity index (χ4n) is 11.3. The van der Waals surface area contributed by atoms with Crippen LogP contribution in [0.5, 0.6) is 0 Å². The zero-order valence-electron chi connectivity index (χ0n) is 21.7. The van der Waals surface area contributed by atoms with Crippen LogP contribution >= 0.6 is 0 Å². The van der Waals surface area contributed by atoms with Crippen LogP contribution in [0.15, 0.2) is 11.6 Å². The lowest BCUT2D eigenvalue weighted by molar-refractivity contribution is -0.159. The molecule has 1 nitrogen and oxygen atoms in total. The van der Waals surface area contributed by atoms with Crippen molar-refractivity contribution in [2.75, 3.05) is 6.61 Å². The van der Waals surface area contributed by atoms with Crippen molar-refractivity contribution >= 4 is 0 Å². The second kappa shape index (κ2) is 6.86. The van der Waals surface area contributed by atoms with Gasteiger partial charge in [0, 0.05) is 6.61 Å². The smallest absolute Gasteiger partial charge is 0.0487 e. The maximum Gasteiger partial charge on any atom is 0.0487 e. The summed E-state index contributed by atoms with van der Waals surface area (Å²) < 4.78 is 0. The van der Waals surface area contributed by atoms with Crippen LogP contribution < -0.4 is 0 Å². The zero-order chi connectivity index (χ0) is 22.4. The summed E-state index contributed by atoms with van der Waals surface area (Å²) in [5.41, 5.74) is 3.74. The van der Waals surface area contributed by atoms with Crippen LogP contribution in [-0.2, 0) is 0 Å². The molecule has 0 saturated heterocycles. The molecule has 31 heavy (non-hydrogen) atoms. The number of rotatable bonds is 2. The molecule has 5 rings (SSSR count). The van der Waals surface area contributed by atoms with E-state index in [1.54, 1.807) is 0 Å². The van der Waals surface area contributed by atoms with E-state index in [-0.39, 0.29) is 5.41 Å². The highest BCUT2D eigenvalue weighted by Crippen LogP contribution is 2.76. The van der Waals surface area contributed by atoms with E-state index in [1.165, 1.54) is 64.2 Å². The Balaban J connectivity index is 1.55. The van der Waals surface area contributed by atoms with Crippen LogP contribution in [0, 0.1) is 56.7 Å². The van der Waals surface area contributed by atoms with Crippen molar-refractivity contribution in [2.45, 2.75) is 113 Å². The van der Waals surface area contributed by atoms with Gasteiger partial charge in [-0.15, -0.1) is 0 Å². The maximum absolute atomic E-state index is 10.4. The minimum atomic E-state index is 0.127. The molecule has 0 aliphatic heterocycles. The number of hydrogen-bond acceptors (Lipinski definition) is 1. The van der Waals surface area contributed by atoms with E-state index in [9.17, 15) is 5.11 Å². The van der Waals surface area contributed by atoms with Gasteiger partial charge in [0.25, 0.3) is 0 Å². The Kier molecular flexibility index (Phi) is 4.98. The fourth-order valence-corrected chi connectivity index (χ4v) is 11.3. The summed E-state index contributed by atoms with van der Waals surface area (Å²) in [6.45, 7) is 18.5. The Morgan fingerprint density at radius 1 is 0.871 bits per heavy atom. The highest BCUT2D eigenvalue weighted by Gasteiger charge is 2.68. The van der Waals surface area contributed by atoms with E-state index in [4.69, 9.17) is 0 Å². The molecule has 0 spiro atoms. The van der Waals surface area contributed by atoms with Gasteiger partial charge in [-0.25, -0.2) is 0 Å². The highest BCUT2D eigenvalue weighted by molar-refractivity contribution is 5.33. The SMILES string of the molecule is CC(C)[C@H]1CC[C@@H]2[C@]1(C)CC[C@]1(C)[C@H]3CC[C@H]4[C@@](C)(CO)CCC[C@]4(C)C3=CC[C@@]21C. The van der Waals surface area contributed by atoms with Gasteiger partial charge in [0.1, 0.15) is 0 Å². The molecule has 0 bridgehead atoms. The number of allylic oxidation sites excluding steroid dienone is 2. The molecule has 4 saturated carbocycles. The van der Waals surface area contributed by atoms with Gasteiger partial charge in [0.05, 0.1) is 0 Å². The van der Waals surface area contributed by atoms with Gasteiger partial charge >= 0.3 is 0 Å². The van der Waals surface area contributed by atoms with Gasteiger partial charge < -0.3 is 5.11 Å². The standard InChI is InChI=1S/C30H50O/c1-20(2)21-9-12-25-28(21,5)17-18-29(6)23-10-11-24-26(3,19-31)14-8-15-27(24,4)22(23)13-16-30(25,29)7/h13,20-21,23-25,31H,8-12,14-19H2,1-7H3/t21-,23+,24+,25-,26-,27-,28-,29-,30+/m1/s1. The molecule has 0 aromatic carbocycles. The third-order valence-corrected chi connectivity index (χ3v) is 13.2. The summed E-state index contributed by atoms with van der Waals surface area (Å²) in [4.78, 5) is 0. The van der Waals surface area contributed by atoms with E-state index >= 15 is 0 Å². The second-order valence-electron chi connectivity index (χ2n) is 14.5. The molecule has 9 atom stereocenters. The first kappa shape index (κ1) is 22.5. The average Bonchev–Trinajstić information content (AvgIpc) is 3.08. The van der Waals surface area contributed by atoms with E-state index in [0.29, 0.717) is 34.2 Å². The van der Waals surface area contributed by atoms with Crippen LogP contribution in [0.25, 0.3) is 0 Å². The number of fused-ring (bicyclic) bond motifs is 7. The average molecular weight is 427 g/mol. The van der Waals surface area contributed by atoms with Gasteiger partial charge in [-0.05, 0) is 114 Å². The third kappa shape index (κ3) is 2.65. The first-order chi connectivity index (χ1) is 14.5. The van der Waals surface area contributed by atoms with E-state index < -0.39 is 0 Å². The number of aliphatic hydroxyl groups excluding tert-OH is 1. The van der Waals surface area contributed by atoms with Crippen LogP contribution in [-0.4, -0.2) is 11.7 Å². The molecule has 4 fully saturated rings. The van der Waals surface area contributed by atoms with E-state index in [2.05, 4.69) is 54.5 Å². The molecule has 1 N–H and O–H groups in total. The van der Waals surface area contributed by atoms with Gasteiger partial charge in [-0.2, -0.15) is 0 Å². The van der Waals surface area contributed by atoms with Crippen LogP contribution in [0.4, 0.5) is 0 Å². The Morgan fingerprint density at radius 3 is 2.26 bits per heavy atom. The minimum Gasteiger partial charge on any atom is -0.396 e. The Morgan fingerprint density at radius 2 is 1.58 bits per heavy atom. The second-order valence-corrected chi connectivity index (χ2v) is 14.5.